The van der Waals surface area contributed by atoms with Crippen molar-refractivity contribution in [2.24, 2.45) is 0 Å². The minimum atomic E-state index is -0.183. The van der Waals surface area contributed by atoms with Gasteiger partial charge in [0, 0.05) is 13.1 Å². The van der Waals surface area contributed by atoms with E-state index in [-0.39, 0.29) is 24.9 Å². The Morgan fingerprint density at radius 3 is 2.12 bits per heavy atom. The Hall–Kier alpha value is -2.75. The van der Waals surface area contributed by atoms with E-state index in [0.717, 1.165) is 10.4 Å². The van der Waals surface area contributed by atoms with Crippen molar-refractivity contribution in [1.29, 1.82) is 0 Å². The summed E-state index contributed by atoms with van der Waals surface area (Å²) in [6, 6.07) is 10.9. The molecule has 0 radical (unpaired) electrons. The van der Waals surface area contributed by atoms with E-state index in [9.17, 15) is 4.79 Å². The maximum absolute atomic E-state index is 13.1. The van der Waals surface area contributed by atoms with Gasteiger partial charge in [0.1, 0.15) is 33.2 Å². The topological polar surface area (TPSA) is 73.4 Å². The van der Waals surface area contributed by atoms with Crippen molar-refractivity contribution < 1.29 is 23.7 Å². The number of thiazole rings is 1. The molecule has 3 aromatic rings. The first kappa shape index (κ1) is 26.5. The van der Waals surface area contributed by atoms with Gasteiger partial charge in [-0.05, 0) is 57.4 Å². The maximum Gasteiger partial charge on any atom is 0.266 e. The van der Waals surface area contributed by atoms with Crippen LogP contribution in [-0.2, 0) is 4.79 Å². The van der Waals surface area contributed by atoms with Crippen molar-refractivity contribution in [2.75, 3.05) is 59.5 Å². The Labute approximate surface area is 204 Å². The molecule has 1 aromatic heterocycles. The molecule has 3 rings (SSSR count). The van der Waals surface area contributed by atoms with E-state index in [1.807, 2.05) is 50.2 Å². The number of carbonyl (C=O) groups is 1. The van der Waals surface area contributed by atoms with E-state index in [4.69, 9.17) is 23.9 Å². The molecule has 0 aliphatic heterocycles. The predicted octanol–water partition coefficient (Wildman–Crippen LogP) is 4.11. The number of hydrogen-bond acceptors (Lipinski definition) is 8. The minimum Gasteiger partial charge on any atom is -0.495 e. The van der Waals surface area contributed by atoms with Gasteiger partial charge in [-0.2, -0.15) is 0 Å². The summed E-state index contributed by atoms with van der Waals surface area (Å²) in [5, 5.41) is 0.574. The zero-order valence-corrected chi connectivity index (χ0v) is 21.1. The lowest BCUT2D eigenvalue weighted by Gasteiger charge is -2.22. The van der Waals surface area contributed by atoms with Crippen LogP contribution >= 0.6 is 23.7 Å². The Morgan fingerprint density at radius 1 is 0.939 bits per heavy atom. The molecular formula is C23H30ClN3O5S. The fourth-order valence-electron chi connectivity index (χ4n) is 3.04. The molecule has 0 spiro atoms. The fourth-order valence-corrected chi connectivity index (χ4v) is 4.16. The van der Waals surface area contributed by atoms with Crippen LogP contribution in [0.15, 0.2) is 36.4 Å². The molecule has 0 aliphatic carbocycles. The van der Waals surface area contributed by atoms with Crippen LogP contribution in [0.4, 0.5) is 5.13 Å². The van der Waals surface area contributed by atoms with Crippen LogP contribution in [0.5, 0.6) is 23.0 Å². The van der Waals surface area contributed by atoms with E-state index >= 15 is 0 Å². The number of ether oxygens (including phenoxy) is 4. The molecule has 0 aliphatic rings. The Bertz CT molecular complexity index is 1000. The summed E-state index contributed by atoms with van der Waals surface area (Å²) in [5.74, 6) is 2.50. The van der Waals surface area contributed by atoms with E-state index < -0.39 is 0 Å². The first-order valence-corrected chi connectivity index (χ1v) is 11.1. The van der Waals surface area contributed by atoms with Crippen molar-refractivity contribution in [1.82, 2.24) is 9.88 Å². The van der Waals surface area contributed by atoms with E-state index in [2.05, 4.69) is 0 Å². The van der Waals surface area contributed by atoms with Gasteiger partial charge in [-0.1, -0.05) is 11.3 Å². The molecule has 1 heterocycles. The van der Waals surface area contributed by atoms with Crippen molar-refractivity contribution in [2.45, 2.75) is 6.92 Å². The molecule has 8 nitrogen and oxygen atoms in total. The lowest BCUT2D eigenvalue weighted by Crippen LogP contribution is -2.39. The van der Waals surface area contributed by atoms with E-state index in [1.165, 1.54) is 11.3 Å². The molecule has 2 aromatic carbocycles. The second-order valence-corrected chi connectivity index (χ2v) is 8.16. The van der Waals surface area contributed by atoms with Gasteiger partial charge < -0.3 is 23.8 Å². The van der Waals surface area contributed by atoms with Gasteiger partial charge in [0.05, 0.1) is 20.8 Å². The first-order valence-electron chi connectivity index (χ1n) is 10.3. The van der Waals surface area contributed by atoms with Crippen LogP contribution in [0.3, 0.4) is 0 Å². The highest BCUT2D eigenvalue weighted by atomic mass is 35.5. The number of anilines is 1. The zero-order chi connectivity index (χ0) is 23.1. The highest BCUT2D eigenvalue weighted by Crippen LogP contribution is 2.40. The summed E-state index contributed by atoms with van der Waals surface area (Å²) in [6.45, 7) is 3.57. The molecular weight excluding hydrogens is 466 g/mol. The summed E-state index contributed by atoms with van der Waals surface area (Å²) in [5.41, 5.74) is 0.668. The average Bonchev–Trinajstić information content (AvgIpc) is 3.23. The zero-order valence-electron chi connectivity index (χ0n) is 19.5. The number of rotatable bonds is 11. The normalized spacial score (nSPS) is 10.6. The second-order valence-electron chi connectivity index (χ2n) is 7.19. The lowest BCUT2D eigenvalue weighted by atomic mass is 10.3. The SMILES string of the molecule is CCOc1ccc(OCC(=O)N(CCN(C)C)c2nc3c(OC)ccc(OC)c3s2)cc1.Cl. The smallest absolute Gasteiger partial charge is 0.266 e. The summed E-state index contributed by atoms with van der Waals surface area (Å²) >= 11 is 1.39. The minimum absolute atomic E-state index is 0. The molecule has 0 saturated heterocycles. The number of methoxy groups -OCH3 is 2. The number of aromatic nitrogens is 1. The van der Waals surface area contributed by atoms with Gasteiger partial charge in [-0.25, -0.2) is 4.98 Å². The van der Waals surface area contributed by atoms with Gasteiger partial charge in [0.2, 0.25) is 0 Å². The van der Waals surface area contributed by atoms with Gasteiger partial charge in [-0.3, -0.25) is 9.69 Å². The monoisotopic (exact) mass is 495 g/mol. The van der Waals surface area contributed by atoms with Crippen LogP contribution in [-0.4, -0.2) is 70.4 Å². The lowest BCUT2D eigenvalue weighted by molar-refractivity contribution is -0.120. The van der Waals surface area contributed by atoms with Crippen molar-refractivity contribution in [3.63, 3.8) is 0 Å². The van der Waals surface area contributed by atoms with Crippen LogP contribution in [0.2, 0.25) is 0 Å². The van der Waals surface area contributed by atoms with Gasteiger partial charge in [0.25, 0.3) is 5.91 Å². The van der Waals surface area contributed by atoms with Crippen molar-refractivity contribution in [3.8, 4) is 23.0 Å². The highest BCUT2D eigenvalue weighted by molar-refractivity contribution is 7.22. The largest absolute Gasteiger partial charge is 0.495 e. The third kappa shape index (κ3) is 6.63. The summed E-state index contributed by atoms with van der Waals surface area (Å²) < 4.78 is 22.9. The van der Waals surface area contributed by atoms with E-state index in [0.29, 0.717) is 47.6 Å². The third-order valence-electron chi connectivity index (χ3n) is 4.70. The average molecular weight is 496 g/mol. The number of nitrogens with zero attached hydrogens (tertiary/aromatic N) is 3. The molecule has 1 amide bonds. The number of amides is 1. The number of carbonyl (C=O) groups excluding carboxylic acids is 1. The molecule has 0 fully saturated rings. The standard InChI is InChI=1S/C23H29N3O5S.ClH/c1-6-30-16-7-9-17(10-8-16)31-15-20(27)26(14-13-25(2)3)23-24-21-18(28-4)11-12-19(29-5)22(21)32-23;/h7-12H,6,13-15H2,1-5H3;1H. The Balaban J connectivity index is 0.00000385. The fraction of sp³-hybridized carbons (Fsp3) is 0.391. The second kappa shape index (κ2) is 12.5. The van der Waals surface area contributed by atoms with Gasteiger partial charge >= 0.3 is 0 Å². The molecule has 180 valence electrons. The number of hydrogen-bond donors (Lipinski definition) is 0. The molecule has 0 atom stereocenters. The van der Waals surface area contributed by atoms with Gasteiger partial charge in [0.15, 0.2) is 11.7 Å². The molecule has 0 bridgehead atoms. The summed E-state index contributed by atoms with van der Waals surface area (Å²) in [6.07, 6.45) is 0. The first-order chi connectivity index (χ1) is 15.5. The Morgan fingerprint density at radius 2 is 1.55 bits per heavy atom. The van der Waals surface area contributed by atoms with E-state index in [1.54, 1.807) is 31.3 Å². The molecule has 33 heavy (non-hydrogen) atoms. The molecule has 0 N–H and O–H groups in total. The van der Waals surface area contributed by atoms with Crippen LogP contribution < -0.4 is 23.8 Å². The number of benzene rings is 2. The number of fused-ring (bicyclic) bond motifs is 1. The highest BCUT2D eigenvalue weighted by Gasteiger charge is 2.23. The molecule has 0 unspecified atom stereocenters. The molecule has 10 heteroatoms. The Kier molecular flexibility index (Phi) is 10.0. The number of halogens is 1. The number of likely N-dealkylation sites (N-methyl/N-ethyl adjacent to an activating group) is 1. The molecule has 0 saturated carbocycles. The van der Waals surface area contributed by atoms with Crippen molar-refractivity contribution >= 4 is 45.0 Å². The maximum atomic E-state index is 13.1. The quantitative estimate of drug-likeness (QED) is 0.396. The predicted molar refractivity (Wildman–Crippen MR) is 134 cm³/mol. The van der Waals surface area contributed by atoms with Crippen LogP contribution in [0.1, 0.15) is 6.92 Å². The summed E-state index contributed by atoms with van der Waals surface area (Å²) in [7, 11) is 7.13. The van der Waals surface area contributed by atoms with Crippen LogP contribution in [0.25, 0.3) is 10.2 Å². The van der Waals surface area contributed by atoms with Crippen molar-refractivity contribution in [3.05, 3.63) is 36.4 Å². The van der Waals surface area contributed by atoms with Crippen LogP contribution in [0, 0.1) is 0 Å². The van der Waals surface area contributed by atoms with Gasteiger partial charge in [-0.15, -0.1) is 12.4 Å². The third-order valence-corrected chi connectivity index (χ3v) is 5.79. The summed E-state index contributed by atoms with van der Waals surface area (Å²) in [4.78, 5) is 21.5.